The van der Waals surface area contributed by atoms with E-state index in [-0.39, 0.29) is 50.9 Å². The smallest absolute Gasteiger partial charge is 0.475 e. The topological polar surface area (TPSA) is 280 Å². The molecule has 0 spiro atoms. The van der Waals surface area contributed by atoms with E-state index in [1.54, 1.807) is 32.2 Å². The normalized spacial score (nSPS) is 11.5. The summed E-state index contributed by atoms with van der Waals surface area (Å²) >= 11 is 20.2. The van der Waals surface area contributed by atoms with Crippen molar-refractivity contribution < 1.29 is 72.6 Å². The van der Waals surface area contributed by atoms with Gasteiger partial charge in [0.15, 0.2) is 20.6 Å². The highest BCUT2D eigenvalue weighted by Crippen LogP contribution is 2.37. The van der Waals surface area contributed by atoms with Crippen molar-refractivity contribution in [3.05, 3.63) is 46.2 Å². The molecule has 0 unspecified atom stereocenters. The number of hydrogen-bond donors (Lipinski definition) is 6. The van der Waals surface area contributed by atoms with Crippen molar-refractivity contribution in [2.24, 2.45) is 0 Å². The molecule has 32 heteroatoms. The van der Waals surface area contributed by atoms with Crippen LogP contribution in [0.1, 0.15) is 38.1 Å². The molecule has 6 N–H and O–H groups in total. The van der Waals surface area contributed by atoms with Crippen molar-refractivity contribution in [2.75, 3.05) is 58.1 Å². The lowest BCUT2D eigenvalue weighted by Gasteiger charge is -2.12. The quantitative estimate of drug-likeness (QED) is 0.0380. The van der Waals surface area contributed by atoms with Gasteiger partial charge in [0.1, 0.15) is 0 Å². The number of carboxylic acid groups (broad SMARTS) is 2. The van der Waals surface area contributed by atoms with E-state index in [0.717, 1.165) is 9.75 Å². The fourth-order valence-electron chi connectivity index (χ4n) is 4.28. The molecule has 0 aliphatic carbocycles. The number of carbonyl (C=O) groups is 4. The predicted octanol–water partition coefficient (Wildman–Crippen LogP) is 7.58. The second-order valence-electron chi connectivity index (χ2n) is 13.0. The van der Waals surface area contributed by atoms with Gasteiger partial charge in [-0.15, -0.1) is 11.6 Å². The van der Waals surface area contributed by atoms with E-state index in [9.17, 15) is 52.8 Å². The fourth-order valence-corrected chi connectivity index (χ4v) is 9.19. The molecule has 0 fully saturated rings. The van der Waals surface area contributed by atoms with Gasteiger partial charge in [0.05, 0.1) is 44.0 Å². The van der Waals surface area contributed by atoms with Crippen LogP contribution >= 0.6 is 57.5 Å². The molecular formula is C34H40Cl3F6N9O10S4. The standard InChI is InChI=1S/C16H22ClN5O3S2.C14H16Cl2N4O3S2.2C2HF3O2/c1-10-14(26-16(19-10)20-11(2)23)12-8-13(15(17)18-9-12)21-27(24,25)7-5-6-22(3)4;1-8-12(24-14(18-8)19-9(2)21)10-6-11(13(16)17-7-10)20-25(22,23)5-3-4-15;2*3-2(4,5)1(6)7/h8-9,21H,5-7H2,1-4H3,(H,19,20,23);6-7,20H,3-5H2,1-2H3,(H,18,19,21);2*(H,6,7). The molecule has 19 nitrogen and oxygen atoms in total. The molecule has 4 aromatic rings. The van der Waals surface area contributed by atoms with Crippen molar-refractivity contribution in [1.29, 1.82) is 0 Å². The lowest BCUT2D eigenvalue weighted by molar-refractivity contribution is -0.193. The van der Waals surface area contributed by atoms with Crippen LogP contribution in [0.4, 0.5) is 48.0 Å². The molecule has 2 amide bonds. The molecule has 368 valence electrons. The number of thiazole rings is 2. The first-order valence-electron chi connectivity index (χ1n) is 17.8. The van der Waals surface area contributed by atoms with Crippen LogP contribution in [0, 0.1) is 13.8 Å². The molecule has 4 rings (SSSR count). The highest BCUT2D eigenvalue weighted by molar-refractivity contribution is 7.93. The molecule has 66 heavy (non-hydrogen) atoms. The first-order chi connectivity index (χ1) is 30.2. The lowest BCUT2D eigenvalue weighted by atomic mass is 10.2. The van der Waals surface area contributed by atoms with Crippen molar-refractivity contribution in [3.63, 3.8) is 0 Å². The van der Waals surface area contributed by atoms with E-state index < -0.39 is 44.3 Å². The molecule has 4 aromatic heterocycles. The zero-order chi connectivity index (χ0) is 51.0. The van der Waals surface area contributed by atoms with E-state index in [1.807, 2.05) is 19.0 Å². The largest absolute Gasteiger partial charge is 0.490 e. The molecule has 4 heterocycles. The summed E-state index contributed by atoms with van der Waals surface area (Å²) in [4.78, 5) is 60.3. The summed E-state index contributed by atoms with van der Waals surface area (Å²) in [5.74, 6) is -5.82. The van der Waals surface area contributed by atoms with E-state index in [4.69, 9.17) is 54.6 Å². The first-order valence-corrected chi connectivity index (χ1v) is 24.0. The van der Waals surface area contributed by atoms with Crippen LogP contribution < -0.4 is 20.1 Å². The number of nitrogens with zero attached hydrogens (tertiary/aromatic N) is 5. The minimum Gasteiger partial charge on any atom is -0.475 e. The van der Waals surface area contributed by atoms with Gasteiger partial charge in [0, 0.05) is 43.2 Å². The summed E-state index contributed by atoms with van der Waals surface area (Å²) < 4.78 is 117. The van der Waals surface area contributed by atoms with Crippen LogP contribution in [-0.4, -0.2) is 126 Å². The number of hydrogen-bond acceptors (Lipinski definition) is 15. The van der Waals surface area contributed by atoms with Gasteiger partial charge in [-0.1, -0.05) is 45.9 Å². The SMILES string of the molecule is CC(=O)Nc1nc(C)c(-c2cnc(Cl)c(NS(=O)(=O)CCCCl)c2)s1.CC(=O)Nc1nc(C)c(-c2cnc(Cl)c(NS(=O)(=O)CCCN(C)C)c2)s1.O=C(O)C(F)(F)F.O=C(O)C(F)(F)F. The molecule has 0 saturated heterocycles. The molecule has 0 aromatic carbocycles. The van der Waals surface area contributed by atoms with Crippen molar-refractivity contribution in [3.8, 4) is 20.9 Å². The zero-order valence-electron chi connectivity index (χ0n) is 35.0. The summed E-state index contributed by atoms with van der Waals surface area (Å²) in [6.45, 7) is 7.06. The van der Waals surface area contributed by atoms with E-state index in [0.29, 0.717) is 52.2 Å². The Kier molecular flexibility index (Phi) is 23.4. The molecule has 0 atom stereocenters. The Balaban J connectivity index is 0.000000513. The minimum absolute atomic E-state index is 0.0159. The molecule has 0 bridgehead atoms. The van der Waals surface area contributed by atoms with Gasteiger partial charge in [-0.05, 0) is 59.5 Å². The second-order valence-corrected chi connectivity index (χ2v) is 19.8. The Morgan fingerprint density at radius 3 is 1.32 bits per heavy atom. The van der Waals surface area contributed by atoms with Gasteiger partial charge >= 0.3 is 24.3 Å². The highest BCUT2D eigenvalue weighted by Gasteiger charge is 2.39. The maximum atomic E-state index is 12.3. The summed E-state index contributed by atoms with van der Waals surface area (Å²) in [7, 11) is -3.34. The number of aliphatic carboxylic acids is 2. The van der Waals surface area contributed by atoms with Crippen LogP contribution in [0.15, 0.2) is 24.5 Å². The van der Waals surface area contributed by atoms with Gasteiger partial charge in [-0.3, -0.25) is 19.0 Å². The molecule has 0 radical (unpaired) electrons. The van der Waals surface area contributed by atoms with E-state index in [2.05, 4.69) is 40.0 Å². The van der Waals surface area contributed by atoms with Gasteiger partial charge in [0.25, 0.3) is 0 Å². The summed E-state index contributed by atoms with van der Waals surface area (Å²) in [5.41, 5.74) is 3.10. The monoisotopic (exact) mass is 1080 g/mol. The highest BCUT2D eigenvalue weighted by atomic mass is 35.5. The van der Waals surface area contributed by atoms with Gasteiger partial charge in [-0.25, -0.2) is 46.4 Å². The van der Waals surface area contributed by atoms with Crippen LogP contribution in [0.3, 0.4) is 0 Å². The van der Waals surface area contributed by atoms with Gasteiger partial charge in [0.2, 0.25) is 31.9 Å². The number of aromatic nitrogens is 4. The van der Waals surface area contributed by atoms with Crippen LogP contribution in [0.2, 0.25) is 10.3 Å². The number of alkyl halides is 7. The molecular weight excluding hydrogens is 1040 g/mol. The number of aryl methyl sites for hydroxylation is 2. The molecule has 0 saturated carbocycles. The van der Waals surface area contributed by atoms with E-state index in [1.165, 1.54) is 42.7 Å². The predicted molar refractivity (Wildman–Crippen MR) is 239 cm³/mol. The fraction of sp³-hybridized carbons (Fsp3) is 0.412. The number of amides is 2. The van der Waals surface area contributed by atoms with Gasteiger partial charge < -0.3 is 25.7 Å². The number of anilines is 4. The third-order valence-corrected chi connectivity index (χ3v) is 12.8. The maximum absolute atomic E-state index is 12.3. The molecule has 0 aliphatic heterocycles. The third kappa shape index (κ3) is 22.2. The van der Waals surface area contributed by atoms with Crippen LogP contribution in [0.5, 0.6) is 0 Å². The lowest BCUT2D eigenvalue weighted by Crippen LogP contribution is -2.21. The Hall–Kier alpha value is -4.65. The number of carbonyl (C=O) groups excluding carboxylic acids is 2. The third-order valence-electron chi connectivity index (χ3n) is 6.94. The van der Waals surface area contributed by atoms with Crippen molar-refractivity contribution >= 4 is 123 Å². The van der Waals surface area contributed by atoms with E-state index >= 15 is 0 Å². The Morgan fingerprint density at radius 2 is 1.03 bits per heavy atom. The summed E-state index contributed by atoms with van der Waals surface area (Å²) in [6.07, 6.45) is -6.27. The Labute approximate surface area is 396 Å². The first kappa shape index (κ1) is 59.4. The maximum Gasteiger partial charge on any atom is 0.490 e. The Bertz CT molecular complexity index is 2520. The number of sulfonamides is 2. The number of carboxylic acids is 2. The average Bonchev–Trinajstić information content (AvgIpc) is 3.71. The number of halogens is 9. The average molecular weight is 1080 g/mol. The molecule has 0 aliphatic rings. The van der Waals surface area contributed by atoms with Gasteiger partial charge in [-0.2, -0.15) is 26.3 Å². The number of nitrogens with one attached hydrogen (secondary N) is 4. The summed E-state index contributed by atoms with van der Waals surface area (Å²) in [6, 6.07) is 3.21. The summed E-state index contributed by atoms with van der Waals surface area (Å²) in [5, 5.41) is 20.5. The Morgan fingerprint density at radius 1 is 0.697 bits per heavy atom. The van der Waals surface area contributed by atoms with Crippen molar-refractivity contribution in [1.82, 2.24) is 24.8 Å². The number of pyridine rings is 2. The van der Waals surface area contributed by atoms with Crippen LogP contribution in [0.25, 0.3) is 20.9 Å². The second kappa shape index (κ2) is 26.0. The van der Waals surface area contributed by atoms with Crippen LogP contribution in [-0.2, 0) is 39.2 Å². The zero-order valence-corrected chi connectivity index (χ0v) is 40.5. The minimum atomic E-state index is -5.08. The van der Waals surface area contributed by atoms with Crippen molar-refractivity contribution in [2.45, 2.75) is 52.9 Å². The number of rotatable bonds is 15.